The highest BCUT2D eigenvalue weighted by Crippen LogP contribution is 2.35. The van der Waals surface area contributed by atoms with Crippen LogP contribution in [0.15, 0.2) is 36.4 Å². The van der Waals surface area contributed by atoms with Crippen LogP contribution in [0.2, 0.25) is 5.02 Å². The van der Waals surface area contributed by atoms with Crippen molar-refractivity contribution < 1.29 is 9.18 Å². The highest BCUT2D eigenvalue weighted by molar-refractivity contribution is 7.23. The molecule has 27 heavy (non-hydrogen) atoms. The lowest BCUT2D eigenvalue weighted by Crippen LogP contribution is -2.37. The van der Waals surface area contributed by atoms with E-state index in [-0.39, 0.29) is 18.1 Å². The van der Waals surface area contributed by atoms with Crippen molar-refractivity contribution in [3.8, 4) is 0 Å². The molecule has 1 aromatic heterocycles. The lowest BCUT2D eigenvalue weighted by atomic mass is 10.1. The summed E-state index contributed by atoms with van der Waals surface area (Å²) in [6.45, 7) is 3.20. The van der Waals surface area contributed by atoms with E-state index in [1.807, 2.05) is 38.1 Å². The summed E-state index contributed by atoms with van der Waals surface area (Å²) >= 11 is 7.74. The third-order valence-corrected chi connectivity index (χ3v) is 5.80. The summed E-state index contributed by atoms with van der Waals surface area (Å²) in [5, 5.41) is 1.27. The number of halogens is 2. The number of thiazole rings is 1. The summed E-state index contributed by atoms with van der Waals surface area (Å²) in [6.07, 6.45) is 0.191. The van der Waals surface area contributed by atoms with E-state index < -0.39 is 0 Å². The average Bonchev–Trinajstić information content (AvgIpc) is 3.06. The molecular weight excluding hydrogens is 385 g/mol. The normalized spacial score (nSPS) is 11.3. The van der Waals surface area contributed by atoms with Gasteiger partial charge in [0.05, 0.1) is 21.7 Å². The molecule has 0 saturated carbocycles. The van der Waals surface area contributed by atoms with Crippen LogP contribution in [0.5, 0.6) is 0 Å². The van der Waals surface area contributed by atoms with Gasteiger partial charge in [-0.15, -0.1) is 0 Å². The van der Waals surface area contributed by atoms with Gasteiger partial charge in [-0.25, -0.2) is 9.37 Å². The van der Waals surface area contributed by atoms with Gasteiger partial charge in [-0.05, 0) is 50.3 Å². The van der Waals surface area contributed by atoms with Crippen molar-refractivity contribution in [3.63, 3.8) is 0 Å². The number of carbonyl (C=O) groups excluding carboxylic acids is 1. The summed E-state index contributed by atoms with van der Waals surface area (Å²) in [4.78, 5) is 21.4. The Balaban J connectivity index is 1.93. The second kappa shape index (κ2) is 8.33. The topological polar surface area (TPSA) is 36.4 Å². The van der Waals surface area contributed by atoms with E-state index >= 15 is 0 Å². The molecule has 0 radical (unpaired) electrons. The summed E-state index contributed by atoms with van der Waals surface area (Å²) in [5.41, 5.74) is 2.62. The van der Waals surface area contributed by atoms with E-state index in [9.17, 15) is 9.18 Å². The minimum absolute atomic E-state index is 0.0729. The van der Waals surface area contributed by atoms with Gasteiger partial charge in [0.1, 0.15) is 5.82 Å². The van der Waals surface area contributed by atoms with E-state index in [1.165, 1.54) is 23.5 Å². The predicted molar refractivity (Wildman–Crippen MR) is 110 cm³/mol. The van der Waals surface area contributed by atoms with Crippen molar-refractivity contribution >= 4 is 44.2 Å². The van der Waals surface area contributed by atoms with Crippen LogP contribution in [0.25, 0.3) is 10.2 Å². The van der Waals surface area contributed by atoms with E-state index in [4.69, 9.17) is 11.6 Å². The van der Waals surface area contributed by atoms with Crippen LogP contribution < -0.4 is 4.90 Å². The van der Waals surface area contributed by atoms with Gasteiger partial charge in [-0.2, -0.15) is 0 Å². The van der Waals surface area contributed by atoms with E-state index in [2.05, 4.69) is 4.98 Å². The fraction of sp³-hybridized carbons (Fsp3) is 0.300. The Morgan fingerprint density at radius 1 is 1.15 bits per heavy atom. The Morgan fingerprint density at radius 3 is 2.48 bits per heavy atom. The van der Waals surface area contributed by atoms with Gasteiger partial charge in [0.15, 0.2) is 5.13 Å². The molecule has 0 spiro atoms. The first-order chi connectivity index (χ1) is 12.8. The van der Waals surface area contributed by atoms with Gasteiger partial charge in [0.2, 0.25) is 5.91 Å². The molecule has 3 aromatic rings. The number of hydrogen-bond donors (Lipinski definition) is 0. The van der Waals surface area contributed by atoms with Gasteiger partial charge in [-0.3, -0.25) is 9.69 Å². The SMILES string of the molecule is Cc1ccc(Cl)c2sc(N(CCN(C)C)C(=O)Cc3ccc(F)cc3)nc12. The van der Waals surface area contributed by atoms with Crippen molar-refractivity contribution in [2.24, 2.45) is 0 Å². The maximum atomic E-state index is 13.1. The minimum Gasteiger partial charge on any atom is -0.308 e. The third kappa shape index (κ3) is 4.64. The molecule has 0 N–H and O–H groups in total. The van der Waals surface area contributed by atoms with Crippen molar-refractivity contribution in [1.82, 2.24) is 9.88 Å². The Bertz CT molecular complexity index is 917. The van der Waals surface area contributed by atoms with Crippen LogP contribution in [0, 0.1) is 12.7 Å². The molecule has 142 valence electrons. The van der Waals surface area contributed by atoms with Gasteiger partial charge in [0, 0.05) is 13.1 Å². The number of aryl methyl sites for hydroxylation is 1. The lowest BCUT2D eigenvalue weighted by molar-refractivity contribution is -0.118. The Labute approximate surface area is 167 Å². The second-order valence-corrected chi connectivity index (χ2v) is 8.08. The van der Waals surface area contributed by atoms with Crippen LogP contribution >= 0.6 is 22.9 Å². The van der Waals surface area contributed by atoms with Crippen molar-refractivity contribution in [1.29, 1.82) is 0 Å². The number of aromatic nitrogens is 1. The average molecular weight is 406 g/mol. The first-order valence-corrected chi connectivity index (χ1v) is 9.80. The molecule has 0 unspecified atom stereocenters. The molecule has 1 heterocycles. The fourth-order valence-electron chi connectivity index (χ4n) is 2.71. The smallest absolute Gasteiger partial charge is 0.233 e. The first-order valence-electron chi connectivity index (χ1n) is 8.60. The zero-order valence-corrected chi connectivity index (χ0v) is 17.1. The molecule has 0 bridgehead atoms. The molecular formula is C20H21ClFN3OS. The number of amides is 1. The number of carbonyl (C=O) groups is 1. The van der Waals surface area contributed by atoms with Gasteiger partial charge >= 0.3 is 0 Å². The molecule has 7 heteroatoms. The van der Waals surface area contributed by atoms with Crippen LogP contribution in [-0.2, 0) is 11.2 Å². The van der Waals surface area contributed by atoms with Gasteiger partial charge < -0.3 is 4.90 Å². The number of hydrogen-bond acceptors (Lipinski definition) is 4. The molecule has 0 fully saturated rings. The van der Waals surface area contributed by atoms with Crippen LogP contribution in [0.1, 0.15) is 11.1 Å². The Kier molecular flexibility index (Phi) is 6.09. The Hall–Kier alpha value is -2.02. The van der Waals surface area contributed by atoms with E-state index in [0.29, 0.717) is 23.2 Å². The zero-order valence-electron chi connectivity index (χ0n) is 15.5. The second-order valence-electron chi connectivity index (χ2n) is 6.69. The van der Waals surface area contributed by atoms with E-state index in [1.54, 1.807) is 17.0 Å². The number of nitrogens with zero attached hydrogens (tertiary/aromatic N) is 3. The number of fused-ring (bicyclic) bond motifs is 1. The quantitative estimate of drug-likeness (QED) is 0.604. The molecule has 0 aliphatic heterocycles. The molecule has 0 aliphatic carbocycles. The number of rotatable bonds is 6. The Morgan fingerprint density at radius 2 is 1.85 bits per heavy atom. The maximum Gasteiger partial charge on any atom is 0.233 e. The zero-order chi connectivity index (χ0) is 19.6. The predicted octanol–water partition coefficient (Wildman–Crippen LogP) is 4.53. The van der Waals surface area contributed by atoms with Crippen LogP contribution in [0.4, 0.5) is 9.52 Å². The largest absolute Gasteiger partial charge is 0.308 e. The van der Waals surface area contributed by atoms with E-state index in [0.717, 1.165) is 21.3 Å². The summed E-state index contributed by atoms with van der Waals surface area (Å²) in [6, 6.07) is 9.79. The molecule has 0 atom stereocenters. The monoisotopic (exact) mass is 405 g/mol. The lowest BCUT2D eigenvalue weighted by Gasteiger charge is -2.22. The molecule has 4 nitrogen and oxygen atoms in total. The van der Waals surface area contributed by atoms with Gasteiger partial charge in [0.25, 0.3) is 0 Å². The van der Waals surface area contributed by atoms with Crippen molar-refractivity contribution in [2.45, 2.75) is 13.3 Å². The van der Waals surface area contributed by atoms with Crippen LogP contribution in [-0.4, -0.2) is 43.0 Å². The molecule has 0 saturated heterocycles. The summed E-state index contributed by atoms with van der Waals surface area (Å²) in [7, 11) is 3.92. The fourth-order valence-corrected chi connectivity index (χ4v) is 4.07. The number of likely N-dealkylation sites (N-methyl/N-ethyl adjacent to an activating group) is 1. The summed E-state index contributed by atoms with van der Waals surface area (Å²) < 4.78 is 14.0. The molecule has 2 aromatic carbocycles. The summed E-state index contributed by atoms with van der Waals surface area (Å²) in [5.74, 6) is -0.386. The molecule has 3 rings (SSSR count). The van der Waals surface area contributed by atoms with Crippen molar-refractivity contribution in [3.05, 3.63) is 58.4 Å². The highest BCUT2D eigenvalue weighted by atomic mass is 35.5. The van der Waals surface area contributed by atoms with Crippen molar-refractivity contribution in [2.75, 3.05) is 32.1 Å². The van der Waals surface area contributed by atoms with Crippen LogP contribution in [0.3, 0.4) is 0 Å². The van der Waals surface area contributed by atoms with Gasteiger partial charge in [-0.1, -0.05) is 41.1 Å². The highest BCUT2D eigenvalue weighted by Gasteiger charge is 2.21. The molecule has 1 amide bonds. The maximum absolute atomic E-state index is 13.1. The third-order valence-electron chi connectivity index (χ3n) is 4.26. The standard InChI is InChI=1S/C20H21ClFN3OS/c1-13-4-9-16(21)19-18(13)23-20(27-19)25(11-10-24(2)3)17(26)12-14-5-7-15(22)8-6-14/h4-9H,10-12H2,1-3H3. The minimum atomic E-state index is -0.313. The molecule has 0 aliphatic rings. The number of anilines is 1. The number of benzene rings is 2. The first kappa shape index (κ1) is 19.7.